The molecular weight excluding hydrogens is 349 g/mol. The Morgan fingerprint density at radius 2 is 2.11 bits per heavy atom. The van der Waals surface area contributed by atoms with Crippen molar-refractivity contribution in [2.75, 3.05) is 25.0 Å². The third-order valence-corrected chi connectivity index (χ3v) is 3.36. The van der Waals surface area contributed by atoms with Crippen molar-refractivity contribution in [1.29, 1.82) is 0 Å². The molecule has 1 aromatic carbocycles. The van der Waals surface area contributed by atoms with Crippen LogP contribution in [0.25, 0.3) is 0 Å². The van der Waals surface area contributed by atoms with Crippen LogP contribution in [0.4, 0.5) is 5.69 Å². The van der Waals surface area contributed by atoms with E-state index in [-0.39, 0.29) is 24.0 Å². The van der Waals surface area contributed by atoms with Gasteiger partial charge in [0.05, 0.1) is 0 Å². The Morgan fingerprint density at radius 3 is 2.79 bits per heavy atom. The third kappa shape index (κ3) is 4.09. The minimum Gasteiger partial charge on any atom is -0.356 e. The van der Waals surface area contributed by atoms with Crippen LogP contribution in [0.15, 0.2) is 29.3 Å². The van der Waals surface area contributed by atoms with Crippen LogP contribution < -0.4 is 10.2 Å². The van der Waals surface area contributed by atoms with Crippen molar-refractivity contribution < 1.29 is 0 Å². The average Bonchev–Trinajstić information content (AvgIpc) is 2.78. The van der Waals surface area contributed by atoms with Gasteiger partial charge < -0.3 is 10.2 Å². The molecule has 0 aliphatic carbocycles. The first-order valence-electron chi connectivity index (χ1n) is 6.78. The number of fused-ring (bicyclic) bond motifs is 1. The van der Waals surface area contributed by atoms with E-state index in [0.717, 1.165) is 31.4 Å². The second-order valence-corrected chi connectivity index (χ2v) is 5.19. The van der Waals surface area contributed by atoms with Crippen LogP contribution >= 0.6 is 24.0 Å². The highest BCUT2D eigenvalue weighted by atomic mass is 127. The molecule has 0 aromatic heterocycles. The fourth-order valence-electron chi connectivity index (χ4n) is 2.33. The molecule has 0 radical (unpaired) electrons. The Balaban J connectivity index is 0.00000180. The number of aliphatic imine (C=N–C) groups is 1. The van der Waals surface area contributed by atoms with Gasteiger partial charge in [-0.05, 0) is 30.4 Å². The zero-order chi connectivity index (χ0) is 13.0. The number of nitrogens with one attached hydrogen (secondary N) is 1. The summed E-state index contributed by atoms with van der Waals surface area (Å²) in [4.78, 5) is 6.68. The summed E-state index contributed by atoms with van der Waals surface area (Å²) in [5.74, 6) is 1.72. The minimum atomic E-state index is 0. The van der Waals surface area contributed by atoms with Crippen molar-refractivity contribution in [1.82, 2.24) is 5.32 Å². The molecule has 106 valence electrons. The van der Waals surface area contributed by atoms with E-state index in [4.69, 9.17) is 0 Å². The minimum absolute atomic E-state index is 0. The molecule has 0 saturated carbocycles. The highest BCUT2D eigenvalue weighted by Gasteiger charge is 2.21. The smallest absolute Gasteiger partial charge is 0.198 e. The number of nitrogens with zero attached hydrogens (tertiary/aromatic N) is 2. The first-order chi connectivity index (χ1) is 8.72. The van der Waals surface area contributed by atoms with Crippen LogP contribution in [-0.2, 0) is 6.42 Å². The summed E-state index contributed by atoms with van der Waals surface area (Å²) in [6.45, 7) is 6.51. The van der Waals surface area contributed by atoms with E-state index in [2.05, 4.69) is 53.3 Å². The number of halogens is 1. The fourth-order valence-corrected chi connectivity index (χ4v) is 2.33. The molecule has 0 saturated heterocycles. The lowest BCUT2D eigenvalue weighted by molar-refractivity contribution is 0.576. The largest absolute Gasteiger partial charge is 0.356 e. The zero-order valence-corrected chi connectivity index (χ0v) is 14.3. The Labute approximate surface area is 133 Å². The summed E-state index contributed by atoms with van der Waals surface area (Å²) in [7, 11) is 1.86. The molecule has 0 amide bonds. The van der Waals surface area contributed by atoms with E-state index >= 15 is 0 Å². The number of para-hydroxylation sites is 1. The Kier molecular flexibility index (Phi) is 6.62. The predicted molar refractivity (Wildman–Crippen MR) is 93.7 cm³/mol. The Morgan fingerprint density at radius 1 is 1.37 bits per heavy atom. The van der Waals surface area contributed by atoms with Gasteiger partial charge in [-0.2, -0.15) is 0 Å². The van der Waals surface area contributed by atoms with Crippen molar-refractivity contribution in [3.8, 4) is 0 Å². The van der Waals surface area contributed by atoms with Gasteiger partial charge in [0.2, 0.25) is 0 Å². The number of benzene rings is 1. The molecule has 4 heteroatoms. The standard InChI is InChI=1S/C15H23N3.HI/c1-12(2)8-10-17-15(16-3)18-11-9-13-6-4-5-7-14(13)18;/h4-7,12H,8-11H2,1-3H3,(H,16,17);1H. The van der Waals surface area contributed by atoms with Crippen molar-refractivity contribution in [3.63, 3.8) is 0 Å². The van der Waals surface area contributed by atoms with Gasteiger partial charge in [0.1, 0.15) is 0 Å². The second-order valence-electron chi connectivity index (χ2n) is 5.19. The summed E-state index contributed by atoms with van der Waals surface area (Å²) >= 11 is 0. The van der Waals surface area contributed by atoms with E-state index in [1.54, 1.807) is 0 Å². The average molecular weight is 373 g/mol. The summed E-state index contributed by atoms with van der Waals surface area (Å²) in [5, 5.41) is 3.46. The number of anilines is 1. The Hall–Kier alpha value is -0.780. The lowest BCUT2D eigenvalue weighted by Crippen LogP contribution is -2.41. The lowest BCUT2D eigenvalue weighted by atomic mass is 10.1. The van der Waals surface area contributed by atoms with E-state index in [9.17, 15) is 0 Å². The molecule has 0 unspecified atom stereocenters. The van der Waals surface area contributed by atoms with Crippen LogP contribution in [0.3, 0.4) is 0 Å². The highest BCUT2D eigenvalue weighted by Crippen LogP contribution is 2.27. The van der Waals surface area contributed by atoms with E-state index in [0.29, 0.717) is 0 Å². The SMILES string of the molecule is CN=C(NCCC(C)C)N1CCc2ccccc21.I. The van der Waals surface area contributed by atoms with Crippen LogP contribution in [-0.4, -0.2) is 26.1 Å². The maximum atomic E-state index is 4.40. The molecule has 19 heavy (non-hydrogen) atoms. The van der Waals surface area contributed by atoms with Gasteiger partial charge in [0.15, 0.2) is 5.96 Å². The zero-order valence-electron chi connectivity index (χ0n) is 12.0. The molecular formula is C15H24IN3. The van der Waals surface area contributed by atoms with Crippen LogP contribution in [0.1, 0.15) is 25.8 Å². The lowest BCUT2D eigenvalue weighted by Gasteiger charge is -2.22. The van der Waals surface area contributed by atoms with E-state index in [1.165, 1.54) is 17.7 Å². The fraction of sp³-hybridized carbons (Fsp3) is 0.533. The van der Waals surface area contributed by atoms with Gasteiger partial charge in [-0.15, -0.1) is 24.0 Å². The molecule has 0 fully saturated rings. The number of hydrogen-bond acceptors (Lipinski definition) is 1. The van der Waals surface area contributed by atoms with Gasteiger partial charge in [-0.3, -0.25) is 4.99 Å². The van der Waals surface area contributed by atoms with Crippen LogP contribution in [0.5, 0.6) is 0 Å². The van der Waals surface area contributed by atoms with Gasteiger partial charge in [-0.25, -0.2) is 0 Å². The topological polar surface area (TPSA) is 27.6 Å². The summed E-state index contributed by atoms with van der Waals surface area (Å²) in [6.07, 6.45) is 2.29. The Bertz CT molecular complexity index is 429. The van der Waals surface area contributed by atoms with Crippen LogP contribution in [0, 0.1) is 5.92 Å². The highest BCUT2D eigenvalue weighted by molar-refractivity contribution is 14.0. The third-order valence-electron chi connectivity index (χ3n) is 3.36. The second kappa shape index (κ2) is 7.72. The van der Waals surface area contributed by atoms with Crippen LogP contribution in [0.2, 0.25) is 0 Å². The van der Waals surface area contributed by atoms with Crippen molar-refractivity contribution in [2.45, 2.75) is 26.7 Å². The molecule has 0 spiro atoms. The van der Waals surface area contributed by atoms with Gasteiger partial charge >= 0.3 is 0 Å². The summed E-state index contributed by atoms with van der Waals surface area (Å²) in [6, 6.07) is 8.59. The first-order valence-corrected chi connectivity index (χ1v) is 6.78. The molecule has 1 aliphatic heterocycles. The van der Waals surface area contributed by atoms with E-state index < -0.39 is 0 Å². The molecule has 1 aliphatic rings. The normalized spacial score (nSPS) is 14.3. The number of rotatable bonds is 3. The van der Waals surface area contributed by atoms with E-state index in [1.807, 2.05) is 7.05 Å². The molecule has 2 rings (SSSR count). The van der Waals surface area contributed by atoms with Crippen molar-refractivity contribution >= 4 is 35.6 Å². The monoisotopic (exact) mass is 373 g/mol. The maximum Gasteiger partial charge on any atom is 0.198 e. The summed E-state index contributed by atoms with van der Waals surface area (Å²) < 4.78 is 0. The van der Waals surface area contributed by atoms with Gasteiger partial charge in [-0.1, -0.05) is 32.0 Å². The van der Waals surface area contributed by atoms with Crippen molar-refractivity contribution in [2.24, 2.45) is 10.9 Å². The van der Waals surface area contributed by atoms with Gasteiger partial charge in [0.25, 0.3) is 0 Å². The summed E-state index contributed by atoms with van der Waals surface area (Å²) in [5.41, 5.74) is 2.72. The number of hydrogen-bond donors (Lipinski definition) is 1. The molecule has 1 N–H and O–H groups in total. The molecule has 3 nitrogen and oxygen atoms in total. The van der Waals surface area contributed by atoms with Gasteiger partial charge in [0, 0.05) is 25.8 Å². The quantitative estimate of drug-likeness (QED) is 0.500. The number of guanidine groups is 1. The molecule has 0 bridgehead atoms. The molecule has 0 atom stereocenters. The predicted octanol–water partition coefficient (Wildman–Crippen LogP) is 3.29. The maximum absolute atomic E-state index is 4.40. The van der Waals surface area contributed by atoms with Crippen molar-refractivity contribution in [3.05, 3.63) is 29.8 Å². The molecule has 1 heterocycles. The first kappa shape index (κ1) is 16.3. The molecule has 1 aromatic rings.